The van der Waals surface area contributed by atoms with Gasteiger partial charge >= 0.3 is 0 Å². The maximum atomic E-state index is 4.43. The number of hydrogen-bond donors (Lipinski definition) is 0. The van der Waals surface area contributed by atoms with Gasteiger partial charge in [-0.25, -0.2) is 9.97 Å². The molecule has 88 valence electrons. The van der Waals surface area contributed by atoms with Gasteiger partial charge < -0.3 is 4.90 Å². The molecule has 0 aromatic carbocycles. The van der Waals surface area contributed by atoms with Crippen LogP contribution in [0.2, 0.25) is 0 Å². The highest BCUT2D eigenvalue weighted by Crippen LogP contribution is 2.31. The molecule has 16 heavy (non-hydrogen) atoms. The largest absolute Gasteiger partial charge is 0.352 e. The number of aromatic nitrogens is 2. The lowest BCUT2D eigenvalue weighted by molar-refractivity contribution is 0.295. The molecule has 1 saturated heterocycles. The topological polar surface area (TPSA) is 29.0 Å². The van der Waals surface area contributed by atoms with Crippen LogP contribution in [0.3, 0.4) is 0 Å². The fourth-order valence-corrected chi connectivity index (χ4v) is 3.12. The van der Waals surface area contributed by atoms with Crippen LogP contribution in [0, 0.1) is 15.4 Å². The summed E-state index contributed by atoms with van der Waals surface area (Å²) in [6.07, 6.45) is 4.85. The van der Waals surface area contributed by atoms with E-state index in [2.05, 4.69) is 58.2 Å². The molecule has 0 aliphatic carbocycles. The number of nitrogens with zero attached hydrogens (tertiary/aromatic N) is 3. The van der Waals surface area contributed by atoms with Crippen molar-refractivity contribution in [2.75, 3.05) is 11.4 Å². The van der Waals surface area contributed by atoms with E-state index in [-0.39, 0.29) is 0 Å². The number of piperidine rings is 1. The molecule has 0 amide bonds. The molecule has 0 radical (unpaired) electrons. The molecule has 0 bridgehead atoms. The fraction of sp³-hybridized carbons (Fsp3) is 0.667. The summed E-state index contributed by atoms with van der Waals surface area (Å²) in [5, 5.41) is 0. The van der Waals surface area contributed by atoms with Gasteiger partial charge in [-0.05, 0) is 47.8 Å². The Balaban J connectivity index is 2.29. The van der Waals surface area contributed by atoms with Crippen molar-refractivity contribution >= 4 is 28.4 Å². The summed E-state index contributed by atoms with van der Waals surface area (Å²) in [6.45, 7) is 8.07. The van der Waals surface area contributed by atoms with Gasteiger partial charge in [0.2, 0.25) is 0 Å². The maximum absolute atomic E-state index is 4.43. The first-order valence-electron chi connectivity index (χ1n) is 5.81. The fourth-order valence-electron chi connectivity index (χ4n) is 2.51. The van der Waals surface area contributed by atoms with Gasteiger partial charge in [-0.1, -0.05) is 13.8 Å². The summed E-state index contributed by atoms with van der Waals surface area (Å²) < 4.78 is 1.15. The van der Waals surface area contributed by atoms with E-state index in [0.29, 0.717) is 6.04 Å². The number of rotatable bonds is 1. The maximum Gasteiger partial charge on any atom is 0.145 e. The van der Waals surface area contributed by atoms with Crippen molar-refractivity contribution in [1.29, 1.82) is 0 Å². The van der Waals surface area contributed by atoms with Crippen LogP contribution in [0.4, 0.5) is 5.82 Å². The van der Waals surface area contributed by atoms with Crippen LogP contribution in [0.15, 0.2) is 12.5 Å². The highest BCUT2D eigenvalue weighted by molar-refractivity contribution is 14.1. The zero-order valence-corrected chi connectivity index (χ0v) is 12.2. The standard InChI is InChI=1S/C12H18IN3/c1-8-4-9(2)10(3)16(6-8)12-11(13)5-14-7-15-12/h5,7-10H,4,6H2,1-3H3. The van der Waals surface area contributed by atoms with E-state index in [9.17, 15) is 0 Å². The molecule has 1 fully saturated rings. The first-order valence-corrected chi connectivity index (χ1v) is 6.89. The summed E-state index contributed by atoms with van der Waals surface area (Å²) in [6, 6.07) is 0.569. The minimum absolute atomic E-state index is 0.569. The molecule has 1 aliphatic heterocycles. The second kappa shape index (κ2) is 4.85. The third-order valence-electron chi connectivity index (χ3n) is 3.52. The normalized spacial score (nSPS) is 30.5. The molecule has 3 unspecified atom stereocenters. The zero-order chi connectivity index (χ0) is 11.7. The first kappa shape index (κ1) is 12.1. The molecule has 1 aliphatic rings. The van der Waals surface area contributed by atoms with Gasteiger partial charge in [0.15, 0.2) is 0 Å². The predicted octanol–water partition coefficient (Wildman–Crippen LogP) is 2.95. The van der Waals surface area contributed by atoms with Gasteiger partial charge in [0.1, 0.15) is 12.1 Å². The van der Waals surface area contributed by atoms with E-state index in [1.165, 1.54) is 6.42 Å². The molecular formula is C12H18IN3. The Morgan fingerprint density at radius 2 is 2.12 bits per heavy atom. The molecule has 1 aromatic rings. The Hall–Kier alpha value is -0.390. The Labute approximate surface area is 111 Å². The number of anilines is 1. The molecule has 1 aromatic heterocycles. The van der Waals surface area contributed by atoms with Crippen LogP contribution in [0.1, 0.15) is 27.2 Å². The van der Waals surface area contributed by atoms with E-state index in [0.717, 1.165) is 27.8 Å². The van der Waals surface area contributed by atoms with Crippen LogP contribution in [-0.4, -0.2) is 22.6 Å². The minimum Gasteiger partial charge on any atom is -0.352 e. The van der Waals surface area contributed by atoms with Crippen molar-refractivity contribution in [3.8, 4) is 0 Å². The number of halogens is 1. The Kier molecular flexibility index (Phi) is 3.66. The van der Waals surface area contributed by atoms with Crippen molar-refractivity contribution in [3.63, 3.8) is 0 Å². The molecule has 3 nitrogen and oxygen atoms in total. The van der Waals surface area contributed by atoms with Crippen molar-refractivity contribution in [3.05, 3.63) is 16.1 Å². The third kappa shape index (κ3) is 2.31. The zero-order valence-electron chi connectivity index (χ0n) is 10.0. The van der Waals surface area contributed by atoms with Gasteiger partial charge in [-0.15, -0.1) is 0 Å². The van der Waals surface area contributed by atoms with Gasteiger partial charge in [0.05, 0.1) is 3.57 Å². The molecule has 4 heteroatoms. The second-order valence-electron chi connectivity index (χ2n) is 4.91. The van der Waals surface area contributed by atoms with Crippen molar-refractivity contribution in [2.45, 2.75) is 33.2 Å². The highest BCUT2D eigenvalue weighted by Gasteiger charge is 2.30. The summed E-state index contributed by atoms with van der Waals surface area (Å²) >= 11 is 2.32. The first-order chi connectivity index (χ1) is 7.59. The lowest BCUT2D eigenvalue weighted by atomic mass is 9.86. The van der Waals surface area contributed by atoms with Crippen LogP contribution in [0.5, 0.6) is 0 Å². The highest BCUT2D eigenvalue weighted by atomic mass is 127. The lowest BCUT2D eigenvalue weighted by Crippen LogP contribution is -2.46. The molecule has 0 N–H and O–H groups in total. The molecular weight excluding hydrogens is 313 g/mol. The predicted molar refractivity (Wildman–Crippen MR) is 74.5 cm³/mol. The minimum atomic E-state index is 0.569. The van der Waals surface area contributed by atoms with Gasteiger partial charge in [-0.3, -0.25) is 0 Å². The summed E-state index contributed by atoms with van der Waals surface area (Å²) in [7, 11) is 0. The summed E-state index contributed by atoms with van der Waals surface area (Å²) in [5.41, 5.74) is 0. The number of hydrogen-bond acceptors (Lipinski definition) is 3. The molecule has 0 spiro atoms. The van der Waals surface area contributed by atoms with E-state index in [1.54, 1.807) is 6.33 Å². The SMILES string of the molecule is CC1CC(C)C(C)N(c2ncncc2I)C1. The third-order valence-corrected chi connectivity index (χ3v) is 4.28. The smallest absolute Gasteiger partial charge is 0.145 e. The van der Waals surface area contributed by atoms with Crippen LogP contribution in [0.25, 0.3) is 0 Å². The summed E-state index contributed by atoms with van der Waals surface area (Å²) in [4.78, 5) is 10.9. The Morgan fingerprint density at radius 3 is 2.81 bits per heavy atom. The van der Waals surface area contributed by atoms with Crippen molar-refractivity contribution in [2.24, 2.45) is 11.8 Å². The Morgan fingerprint density at radius 1 is 1.38 bits per heavy atom. The molecule has 0 saturated carbocycles. The average molecular weight is 331 g/mol. The van der Waals surface area contributed by atoms with Gasteiger partial charge in [0, 0.05) is 18.8 Å². The lowest BCUT2D eigenvalue weighted by Gasteiger charge is -2.42. The summed E-state index contributed by atoms with van der Waals surface area (Å²) in [5.74, 6) is 2.58. The molecule has 2 heterocycles. The molecule has 3 atom stereocenters. The monoisotopic (exact) mass is 331 g/mol. The van der Waals surface area contributed by atoms with Crippen LogP contribution >= 0.6 is 22.6 Å². The van der Waals surface area contributed by atoms with Crippen molar-refractivity contribution in [1.82, 2.24) is 9.97 Å². The second-order valence-corrected chi connectivity index (χ2v) is 6.07. The van der Waals surface area contributed by atoms with Crippen LogP contribution in [-0.2, 0) is 0 Å². The van der Waals surface area contributed by atoms with E-state index in [1.807, 2.05) is 6.20 Å². The average Bonchev–Trinajstić information content (AvgIpc) is 2.24. The van der Waals surface area contributed by atoms with Gasteiger partial charge in [0.25, 0.3) is 0 Å². The Bertz CT molecular complexity index is 369. The molecule has 2 rings (SSSR count). The van der Waals surface area contributed by atoms with Gasteiger partial charge in [-0.2, -0.15) is 0 Å². The van der Waals surface area contributed by atoms with E-state index < -0.39 is 0 Å². The van der Waals surface area contributed by atoms with Crippen LogP contribution < -0.4 is 4.90 Å². The van der Waals surface area contributed by atoms with Crippen molar-refractivity contribution < 1.29 is 0 Å². The quantitative estimate of drug-likeness (QED) is 0.741. The van der Waals surface area contributed by atoms with E-state index >= 15 is 0 Å². The van der Waals surface area contributed by atoms with E-state index in [4.69, 9.17) is 0 Å².